The van der Waals surface area contributed by atoms with Crippen molar-refractivity contribution in [3.63, 3.8) is 0 Å². The molecular weight excluding hydrogens is 326 g/mol. The van der Waals surface area contributed by atoms with Crippen LogP contribution in [0.2, 0.25) is 0 Å². The van der Waals surface area contributed by atoms with E-state index in [0.717, 1.165) is 25.2 Å². The molecule has 0 saturated carbocycles. The Morgan fingerprint density at radius 3 is 2.19 bits per heavy atom. The number of rotatable bonds is 7. The summed E-state index contributed by atoms with van der Waals surface area (Å²) in [5, 5.41) is 0.586. The lowest BCUT2D eigenvalue weighted by atomic mass is 10.2. The Balaban J connectivity index is 2.10. The van der Waals surface area contributed by atoms with Crippen LogP contribution in [0.4, 0.5) is 0 Å². The molecular formula is C21H25N3O2. The van der Waals surface area contributed by atoms with E-state index in [4.69, 9.17) is 0 Å². The second kappa shape index (κ2) is 8.15. The van der Waals surface area contributed by atoms with Crippen molar-refractivity contribution in [1.29, 1.82) is 0 Å². The third-order valence-corrected chi connectivity index (χ3v) is 4.85. The van der Waals surface area contributed by atoms with Crippen molar-refractivity contribution in [3.8, 4) is 0 Å². The van der Waals surface area contributed by atoms with Gasteiger partial charge in [-0.25, -0.2) is 4.79 Å². The minimum Gasteiger partial charge on any atom is -0.302 e. The molecule has 0 spiro atoms. The van der Waals surface area contributed by atoms with Gasteiger partial charge in [0.15, 0.2) is 0 Å². The fourth-order valence-corrected chi connectivity index (χ4v) is 3.27. The lowest BCUT2D eigenvalue weighted by Crippen LogP contribution is -2.42. The zero-order valence-electron chi connectivity index (χ0n) is 15.4. The van der Waals surface area contributed by atoms with Crippen LogP contribution in [0.3, 0.4) is 0 Å². The van der Waals surface area contributed by atoms with Crippen LogP contribution < -0.4 is 11.2 Å². The highest BCUT2D eigenvalue weighted by Crippen LogP contribution is 2.09. The van der Waals surface area contributed by atoms with Crippen LogP contribution in [0.5, 0.6) is 0 Å². The second-order valence-electron chi connectivity index (χ2n) is 6.36. The molecule has 0 aliphatic heterocycles. The molecule has 136 valence electrons. The van der Waals surface area contributed by atoms with Gasteiger partial charge in [-0.15, -0.1) is 0 Å². The maximum Gasteiger partial charge on any atom is 0.331 e. The summed E-state index contributed by atoms with van der Waals surface area (Å²) in [5.41, 5.74) is 1.18. The third-order valence-electron chi connectivity index (χ3n) is 4.85. The van der Waals surface area contributed by atoms with Crippen molar-refractivity contribution in [1.82, 2.24) is 14.0 Å². The molecule has 0 aliphatic carbocycles. The van der Waals surface area contributed by atoms with Crippen LogP contribution >= 0.6 is 0 Å². The van der Waals surface area contributed by atoms with E-state index in [1.54, 1.807) is 10.6 Å². The van der Waals surface area contributed by atoms with Gasteiger partial charge in [-0.3, -0.25) is 13.9 Å². The summed E-state index contributed by atoms with van der Waals surface area (Å²) in [6, 6.07) is 17.0. The molecule has 1 aromatic heterocycles. The lowest BCUT2D eigenvalue weighted by Gasteiger charge is -2.20. The van der Waals surface area contributed by atoms with Gasteiger partial charge >= 0.3 is 5.69 Å². The first-order valence-electron chi connectivity index (χ1n) is 9.14. The predicted octanol–water partition coefficient (Wildman–Crippen LogP) is 2.55. The fourth-order valence-electron chi connectivity index (χ4n) is 3.27. The molecule has 0 bridgehead atoms. The molecule has 5 nitrogen and oxygen atoms in total. The van der Waals surface area contributed by atoms with Crippen LogP contribution in [-0.4, -0.2) is 33.7 Å². The molecule has 1 heterocycles. The average Bonchev–Trinajstić information content (AvgIpc) is 2.69. The number of likely N-dealkylation sites (N-methyl/N-ethyl adjacent to an activating group) is 1. The standard InChI is InChI=1S/C21H25N3O2/c1-3-22(4-2)14-15-23-19-13-9-8-12-18(19)20(25)24(21(23)26)16-17-10-6-5-7-11-17/h5-13H,3-4,14-16H2,1-2H3. The minimum absolute atomic E-state index is 0.228. The van der Waals surface area contributed by atoms with Crippen molar-refractivity contribution in [2.75, 3.05) is 19.6 Å². The first-order chi connectivity index (χ1) is 12.7. The Kier molecular flexibility index (Phi) is 5.68. The van der Waals surface area contributed by atoms with Gasteiger partial charge in [0.2, 0.25) is 0 Å². The zero-order valence-corrected chi connectivity index (χ0v) is 15.4. The van der Waals surface area contributed by atoms with Crippen molar-refractivity contribution < 1.29 is 0 Å². The first kappa shape index (κ1) is 18.1. The molecule has 0 fully saturated rings. The summed E-state index contributed by atoms with van der Waals surface area (Å²) in [5.74, 6) is 0. The maximum atomic E-state index is 13.1. The number of fused-ring (bicyclic) bond motifs is 1. The highest BCUT2D eigenvalue weighted by Gasteiger charge is 2.13. The van der Waals surface area contributed by atoms with Gasteiger partial charge < -0.3 is 4.90 Å². The quantitative estimate of drug-likeness (QED) is 0.657. The van der Waals surface area contributed by atoms with Crippen molar-refractivity contribution in [2.24, 2.45) is 0 Å². The van der Waals surface area contributed by atoms with E-state index >= 15 is 0 Å². The molecule has 0 atom stereocenters. The molecule has 0 aliphatic rings. The number of aromatic nitrogens is 2. The molecule has 3 rings (SSSR count). The summed E-state index contributed by atoms with van der Waals surface area (Å²) >= 11 is 0. The SMILES string of the molecule is CCN(CC)CCn1c(=O)n(Cc2ccccc2)c(=O)c2ccccc21. The van der Waals surface area contributed by atoms with E-state index in [2.05, 4.69) is 18.7 Å². The van der Waals surface area contributed by atoms with Gasteiger partial charge in [-0.1, -0.05) is 56.3 Å². The first-order valence-corrected chi connectivity index (χ1v) is 9.14. The van der Waals surface area contributed by atoms with E-state index in [1.807, 2.05) is 48.5 Å². The Hall–Kier alpha value is -2.66. The van der Waals surface area contributed by atoms with Crippen molar-refractivity contribution in [2.45, 2.75) is 26.9 Å². The molecule has 2 aromatic carbocycles. The Morgan fingerprint density at radius 2 is 1.50 bits per heavy atom. The Morgan fingerprint density at radius 1 is 0.846 bits per heavy atom. The van der Waals surface area contributed by atoms with Crippen LogP contribution in [0.25, 0.3) is 10.9 Å². The number of benzene rings is 2. The molecule has 3 aromatic rings. The highest BCUT2D eigenvalue weighted by molar-refractivity contribution is 5.77. The smallest absolute Gasteiger partial charge is 0.302 e. The molecule has 5 heteroatoms. The zero-order chi connectivity index (χ0) is 18.5. The Labute approximate surface area is 153 Å². The van der Waals surface area contributed by atoms with Crippen LogP contribution in [0.1, 0.15) is 19.4 Å². The molecule has 26 heavy (non-hydrogen) atoms. The number of hydrogen-bond donors (Lipinski definition) is 0. The van der Waals surface area contributed by atoms with E-state index in [9.17, 15) is 9.59 Å². The Bertz CT molecular complexity index is 986. The molecule has 0 unspecified atom stereocenters. The predicted molar refractivity (Wildman–Crippen MR) is 106 cm³/mol. The number of para-hydroxylation sites is 1. The average molecular weight is 351 g/mol. The number of hydrogen-bond acceptors (Lipinski definition) is 3. The van der Waals surface area contributed by atoms with E-state index in [-0.39, 0.29) is 17.8 Å². The summed E-state index contributed by atoms with van der Waals surface area (Å²) in [6.07, 6.45) is 0. The van der Waals surface area contributed by atoms with Gasteiger partial charge in [0.1, 0.15) is 0 Å². The van der Waals surface area contributed by atoms with Gasteiger partial charge in [0, 0.05) is 13.1 Å². The molecule has 0 N–H and O–H groups in total. The summed E-state index contributed by atoms with van der Waals surface area (Å²) < 4.78 is 3.08. The highest BCUT2D eigenvalue weighted by atomic mass is 16.2. The van der Waals surface area contributed by atoms with Gasteiger partial charge in [-0.2, -0.15) is 0 Å². The summed E-state index contributed by atoms with van der Waals surface area (Å²) in [7, 11) is 0. The van der Waals surface area contributed by atoms with Crippen LogP contribution in [0.15, 0.2) is 64.2 Å². The molecule has 0 saturated heterocycles. The summed E-state index contributed by atoms with van der Waals surface area (Å²) in [6.45, 7) is 7.73. The summed E-state index contributed by atoms with van der Waals surface area (Å²) in [4.78, 5) is 28.3. The normalized spacial score (nSPS) is 11.3. The molecule has 0 amide bonds. The van der Waals surface area contributed by atoms with E-state index < -0.39 is 0 Å². The van der Waals surface area contributed by atoms with Crippen LogP contribution in [-0.2, 0) is 13.1 Å². The van der Waals surface area contributed by atoms with Gasteiger partial charge in [0.05, 0.1) is 17.4 Å². The van der Waals surface area contributed by atoms with Crippen LogP contribution in [0, 0.1) is 0 Å². The van der Waals surface area contributed by atoms with Crippen molar-refractivity contribution >= 4 is 10.9 Å². The van der Waals surface area contributed by atoms with Gasteiger partial charge in [0.25, 0.3) is 5.56 Å². The lowest BCUT2D eigenvalue weighted by molar-refractivity contribution is 0.289. The molecule has 0 radical (unpaired) electrons. The number of nitrogens with zero attached hydrogens (tertiary/aromatic N) is 3. The monoisotopic (exact) mass is 351 g/mol. The van der Waals surface area contributed by atoms with Gasteiger partial charge in [-0.05, 0) is 30.8 Å². The maximum absolute atomic E-state index is 13.1. The van der Waals surface area contributed by atoms with E-state index in [1.165, 1.54) is 4.57 Å². The van der Waals surface area contributed by atoms with E-state index in [0.29, 0.717) is 17.4 Å². The largest absolute Gasteiger partial charge is 0.331 e. The van der Waals surface area contributed by atoms with Crippen molar-refractivity contribution in [3.05, 3.63) is 81.0 Å². The second-order valence-corrected chi connectivity index (χ2v) is 6.36. The topological polar surface area (TPSA) is 47.2 Å². The fraction of sp³-hybridized carbons (Fsp3) is 0.333. The third kappa shape index (κ3) is 3.63. The minimum atomic E-state index is -0.246.